The Labute approximate surface area is 122 Å². The van der Waals surface area contributed by atoms with Crippen molar-refractivity contribution in [3.05, 3.63) is 47.7 Å². The van der Waals surface area contributed by atoms with Gasteiger partial charge >= 0.3 is 5.97 Å². The first kappa shape index (κ1) is 13.4. The Morgan fingerprint density at radius 3 is 2.81 bits per heavy atom. The molecule has 0 bridgehead atoms. The number of nitrogens with zero attached hydrogens (tertiary/aromatic N) is 2. The van der Waals surface area contributed by atoms with Crippen LogP contribution in [0, 0.1) is 0 Å². The highest BCUT2D eigenvalue weighted by atomic mass is 16.4. The van der Waals surface area contributed by atoms with E-state index < -0.39 is 5.97 Å². The highest BCUT2D eigenvalue weighted by molar-refractivity contribution is 5.89. The Morgan fingerprint density at radius 1 is 1.24 bits per heavy atom. The van der Waals surface area contributed by atoms with Gasteiger partial charge in [0.1, 0.15) is 5.76 Å². The Bertz CT molecular complexity index is 670. The molecule has 2 heterocycles. The molecule has 0 saturated carbocycles. The summed E-state index contributed by atoms with van der Waals surface area (Å²) in [5.74, 6) is 0.576. The van der Waals surface area contributed by atoms with E-state index in [1.54, 1.807) is 24.4 Å². The van der Waals surface area contributed by atoms with Crippen LogP contribution in [0.3, 0.4) is 0 Å². The molecule has 0 spiro atoms. The van der Waals surface area contributed by atoms with Gasteiger partial charge in [0.25, 0.3) is 0 Å². The van der Waals surface area contributed by atoms with Gasteiger partial charge in [-0.05, 0) is 37.1 Å². The van der Waals surface area contributed by atoms with Gasteiger partial charge in [0.05, 0.1) is 17.5 Å². The van der Waals surface area contributed by atoms with Crippen LogP contribution in [0.15, 0.2) is 45.8 Å². The summed E-state index contributed by atoms with van der Waals surface area (Å²) in [6, 6.07) is 10.3. The smallest absolute Gasteiger partial charge is 0.335 e. The molecule has 1 saturated heterocycles. The van der Waals surface area contributed by atoms with E-state index in [1.165, 1.54) is 18.9 Å². The highest BCUT2D eigenvalue weighted by Gasteiger charge is 2.15. The Kier molecular flexibility index (Phi) is 3.73. The second-order valence-electron chi connectivity index (χ2n) is 4.98. The first-order valence-corrected chi connectivity index (χ1v) is 6.94. The zero-order chi connectivity index (χ0) is 14.7. The summed E-state index contributed by atoms with van der Waals surface area (Å²) in [7, 11) is 0. The fourth-order valence-corrected chi connectivity index (χ4v) is 2.38. The molecule has 0 unspecified atom stereocenters. The molecule has 21 heavy (non-hydrogen) atoms. The molecular formula is C16H16N2O3. The summed E-state index contributed by atoms with van der Waals surface area (Å²) in [4.78, 5) is 17.4. The Hall–Kier alpha value is -2.56. The molecule has 0 radical (unpaired) electrons. The molecule has 1 aromatic heterocycles. The molecule has 108 valence electrons. The minimum absolute atomic E-state index is 0.224. The molecule has 1 N–H and O–H groups in total. The quantitative estimate of drug-likeness (QED) is 0.874. The number of aliphatic imine (C=N–C) groups is 1. The second kappa shape index (κ2) is 5.83. The molecule has 1 aromatic carbocycles. The number of benzene rings is 1. The van der Waals surface area contributed by atoms with Crippen molar-refractivity contribution in [2.45, 2.75) is 12.8 Å². The SMILES string of the molecule is O=C(O)c1cccc(N=Cc2ccc(N3CCCC3)o2)c1. The zero-order valence-electron chi connectivity index (χ0n) is 11.5. The summed E-state index contributed by atoms with van der Waals surface area (Å²) < 4.78 is 5.73. The number of furan rings is 1. The summed E-state index contributed by atoms with van der Waals surface area (Å²) in [6.45, 7) is 2.06. The molecule has 2 aromatic rings. The lowest BCUT2D eigenvalue weighted by Gasteiger charge is -2.12. The van der Waals surface area contributed by atoms with E-state index in [9.17, 15) is 4.79 Å². The number of hydrogen-bond acceptors (Lipinski definition) is 4. The van der Waals surface area contributed by atoms with E-state index in [0.29, 0.717) is 11.4 Å². The number of anilines is 1. The lowest BCUT2D eigenvalue weighted by atomic mass is 10.2. The minimum atomic E-state index is -0.957. The number of rotatable bonds is 4. The minimum Gasteiger partial charge on any atom is -0.478 e. The Balaban J connectivity index is 1.73. The van der Waals surface area contributed by atoms with Crippen molar-refractivity contribution in [1.82, 2.24) is 0 Å². The molecule has 3 rings (SSSR count). The van der Waals surface area contributed by atoms with E-state index in [2.05, 4.69) is 9.89 Å². The largest absolute Gasteiger partial charge is 0.478 e. The third-order valence-corrected chi connectivity index (χ3v) is 3.46. The van der Waals surface area contributed by atoms with Crippen LogP contribution >= 0.6 is 0 Å². The first-order valence-electron chi connectivity index (χ1n) is 6.94. The fraction of sp³-hybridized carbons (Fsp3) is 0.250. The monoisotopic (exact) mass is 284 g/mol. The van der Waals surface area contributed by atoms with Gasteiger partial charge < -0.3 is 14.4 Å². The van der Waals surface area contributed by atoms with E-state index in [4.69, 9.17) is 9.52 Å². The van der Waals surface area contributed by atoms with Crippen molar-refractivity contribution in [1.29, 1.82) is 0 Å². The molecule has 5 nitrogen and oxygen atoms in total. The van der Waals surface area contributed by atoms with Crippen molar-refractivity contribution < 1.29 is 14.3 Å². The third-order valence-electron chi connectivity index (χ3n) is 3.46. The van der Waals surface area contributed by atoms with Crippen LogP contribution in [-0.4, -0.2) is 30.4 Å². The van der Waals surface area contributed by atoms with Crippen LogP contribution in [-0.2, 0) is 0 Å². The average molecular weight is 284 g/mol. The molecular weight excluding hydrogens is 268 g/mol. The second-order valence-corrected chi connectivity index (χ2v) is 4.98. The number of carboxylic acid groups (broad SMARTS) is 1. The lowest BCUT2D eigenvalue weighted by Crippen LogP contribution is -2.16. The highest BCUT2D eigenvalue weighted by Crippen LogP contribution is 2.22. The molecule has 1 fully saturated rings. The number of carboxylic acids is 1. The molecule has 0 atom stereocenters. The van der Waals surface area contributed by atoms with Gasteiger partial charge in [-0.1, -0.05) is 6.07 Å². The van der Waals surface area contributed by atoms with Gasteiger partial charge in [-0.2, -0.15) is 0 Å². The van der Waals surface area contributed by atoms with Gasteiger partial charge in [-0.25, -0.2) is 4.79 Å². The van der Waals surface area contributed by atoms with Crippen LogP contribution < -0.4 is 4.90 Å². The van der Waals surface area contributed by atoms with Crippen molar-refractivity contribution >= 4 is 23.8 Å². The number of hydrogen-bond donors (Lipinski definition) is 1. The van der Waals surface area contributed by atoms with Gasteiger partial charge in [-0.3, -0.25) is 4.99 Å². The average Bonchev–Trinajstić information content (AvgIpc) is 3.16. The molecule has 0 aliphatic carbocycles. The van der Waals surface area contributed by atoms with Crippen LogP contribution in [0.5, 0.6) is 0 Å². The molecule has 0 amide bonds. The van der Waals surface area contributed by atoms with Crippen molar-refractivity contribution in [2.75, 3.05) is 18.0 Å². The number of aromatic carboxylic acids is 1. The maximum absolute atomic E-state index is 10.9. The zero-order valence-corrected chi connectivity index (χ0v) is 11.5. The molecule has 1 aliphatic rings. The maximum atomic E-state index is 10.9. The normalized spacial score (nSPS) is 15.0. The fourth-order valence-electron chi connectivity index (χ4n) is 2.38. The van der Waals surface area contributed by atoms with Crippen molar-refractivity contribution in [3.63, 3.8) is 0 Å². The summed E-state index contributed by atoms with van der Waals surface area (Å²) >= 11 is 0. The van der Waals surface area contributed by atoms with Gasteiger partial charge in [0.15, 0.2) is 5.88 Å². The predicted octanol–water partition coefficient (Wildman–Crippen LogP) is 3.33. The summed E-state index contributed by atoms with van der Waals surface area (Å²) in [6.07, 6.45) is 4.01. The van der Waals surface area contributed by atoms with E-state index in [-0.39, 0.29) is 5.56 Å². The Morgan fingerprint density at radius 2 is 2.05 bits per heavy atom. The van der Waals surface area contributed by atoms with E-state index >= 15 is 0 Å². The van der Waals surface area contributed by atoms with Crippen LogP contribution in [0.2, 0.25) is 0 Å². The van der Waals surface area contributed by atoms with Gasteiger partial charge in [0, 0.05) is 19.2 Å². The van der Waals surface area contributed by atoms with Crippen LogP contribution in [0.4, 0.5) is 11.6 Å². The predicted molar refractivity (Wildman–Crippen MR) is 80.8 cm³/mol. The summed E-state index contributed by atoms with van der Waals surface area (Å²) in [5, 5.41) is 8.94. The van der Waals surface area contributed by atoms with Crippen LogP contribution in [0.1, 0.15) is 29.0 Å². The lowest BCUT2D eigenvalue weighted by molar-refractivity contribution is 0.0697. The van der Waals surface area contributed by atoms with E-state index in [0.717, 1.165) is 19.0 Å². The topological polar surface area (TPSA) is 66.0 Å². The molecule has 1 aliphatic heterocycles. The molecule has 5 heteroatoms. The van der Waals surface area contributed by atoms with Gasteiger partial charge in [-0.15, -0.1) is 0 Å². The standard InChI is InChI=1S/C16H16N2O3/c19-16(20)12-4-3-5-13(10-12)17-11-14-6-7-15(21-14)18-8-1-2-9-18/h3-7,10-11H,1-2,8-9H2,(H,19,20). The van der Waals surface area contributed by atoms with Gasteiger partial charge in [0.2, 0.25) is 0 Å². The van der Waals surface area contributed by atoms with Crippen molar-refractivity contribution in [3.8, 4) is 0 Å². The maximum Gasteiger partial charge on any atom is 0.335 e. The van der Waals surface area contributed by atoms with Crippen LogP contribution in [0.25, 0.3) is 0 Å². The van der Waals surface area contributed by atoms with Crippen molar-refractivity contribution in [2.24, 2.45) is 4.99 Å². The number of carbonyl (C=O) groups is 1. The van der Waals surface area contributed by atoms with E-state index in [1.807, 2.05) is 12.1 Å². The first-order chi connectivity index (χ1) is 10.2. The third kappa shape index (κ3) is 3.13. The summed E-state index contributed by atoms with van der Waals surface area (Å²) in [5.41, 5.74) is 0.816.